The van der Waals surface area contributed by atoms with Crippen LogP contribution in [0.25, 0.3) is 10.9 Å². The molecule has 0 radical (unpaired) electrons. The summed E-state index contributed by atoms with van der Waals surface area (Å²) in [5.41, 5.74) is 6.29. The fraction of sp³-hybridized carbons (Fsp3) is 0.0909. The molecular formula is C11H13ClN4O2. The number of halogens is 1. The molecule has 2 aromatic rings. The third-order valence-electron chi connectivity index (χ3n) is 2.50. The summed E-state index contributed by atoms with van der Waals surface area (Å²) in [6, 6.07) is 6.37. The first-order valence-electron chi connectivity index (χ1n) is 4.93. The van der Waals surface area contributed by atoms with Gasteiger partial charge in [-0.2, -0.15) is 0 Å². The third kappa shape index (κ3) is 2.38. The highest BCUT2D eigenvalue weighted by Gasteiger charge is 2.16. The van der Waals surface area contributed by atoms with Gasteiger partial charge in [-0.05, 0) is 24.3 Å². The molecule has 0 fully saturated rings. The first-order chi connectivity index (χ1) is 7.99. The minimum absolute atomic E-state index is 0. The van der Waals surface area contributed by atoms with Gasteiger partial charge < -0.3 is 15.8 Å². The Balaban J connectivity index is 0.00000162. The molecule has 0 bridgehead atoms. The number of phenols is 1. The SMILES string of the molecule is CN(C(=N)N)C(=O)c1cc2cc(O)ccc2[nH]1.Cl. The van der Waals surface area contributed by atoms with E-state index in [-0.39, 0.29) is 24.1 Å². The Hall–Kier alpha value is -2.21. The second-order valence-corrected chi connectivity index (χ2v) is 3.70. The number of amides is 1. The van der Waals surface area contributed by atoms with Crippen molar-refractivity contribution in [2.75, 3.05) is 7.05 Å². The van der Waals surface area contributed by atoms with E-state index in [1.165, 1.54) is 13.1 Å². The average Bonchev–Trinajstić information content (AvgIpc) is 2.69. The van der Waals surface area contributed by atoms with E-state index in [9.17, 15) is 9.90 Å². The number of carbonyl (C=O) groups excluding carboxylic acids is 1. The molecule has 0 saturated carbocycles. The van der Waals surface area contributed by atoms with E-state index in [1.807, 2.05) is 0 Å². The Morgan fingerprint density at radius 1 is 1.44 bits per heavy atom. The Morgan fingerprint density at radius 3 is 2.72 bits per heavy atom. The third-order valence-corrected chi connectivity index (χ3v) is 2.50. The molecule has 0 atom stereocenters. The first-order valence-corrected chi connectivity index (χ1v) is 4.93. The van der Waals surface area contributed by atoms with E-state index in [1.54, 1.807) is 18.2 Å². The highest BCUT2D eigenvalue weighted by Crippen LogP contribution is 2.21. The van der Waals surface area contributed by atoms with Crippen LogP contribution in [0.4, 0.5) is 0 Å². The zero-order valence-electron chi connectivity index (χ0n) is 9.60. The number of H-pyrrole nitrogens is 1. The van der Waals surface area contributed by atoms with E-state index >= 15 is 0 Å². The van der Waals surface area contributed by atoms with E-state index in [4.69, 9.17) is 11.1 Å². The molecule has 18 heavy (non-hydrogen) atoms. The molecule has 0 spiro atoms. The maximum absolute atomic E-state index is 11.9. The van der Waals surface area contributed by atoms with Crippen molar-refractivity contribution < 1.29 is 9.90 Å². The van der Waals surface area contributed by atoms with Crippen LogP contribution in [0.15, 0.2) is 24.3 Å². The van der Waals surface area contributed by atoms with Gasteiger partial charge in [0, 0.05) is 18.0 Å². The second-order valence-electron chi connectivity index (χ2n) is 3.70. The molecule has 1 aromatic carbocycles. The predicted octanol–water partition coefficient (Wildman–Crippen LogP) is 1.26. The van der Waals surface area contributed by atoms with Gasteiger partial charge in [0.05, 0.1) is 0 Å². The lowest BCUT2D eigenvalue weighted by Crippen LogP contribution is -2.38. The Kier molecular flexibility index (Phi) is 3.82. The van der Waals surface area contributed by atoms with Crippen LogP contribution in [-0.2, 0) is 0 Å². The summed E-state index contributed by atoms with van der Waals surface area (Å²) in [6.45, 7) is 0. The fourth-order valence-corrected chi connectivity index (χ4v) is 1.53. The molecular weight excluding hydrogens is 256 g/mol. The average molecular weight is 269 g/mol. The second kappa shape index (κ2) is 4.97. The van der Waals surface area contributed by atoms with Gasteiger partial charge in [0.1, 0.15) is 11.4 Å². The number of carbonyl (C=O) groups is 1. The molecule has 0 aliphatic heterocycles. The van der Waals surface area contributed by atoms with Gasteiger partial charge in [0.25, 0.3) is 5.91 Å². The minimum atomic E-state index is -0.395. The standard InChI is InChI=1S/C11H12N4O2.ClH/c1-15(11(12)13)10(17)9-5-6-4-7(16)2-3-8(6)14-9;/h2-5,14,16H,1H3,(H3,12,13);1H. The highest BCUT2D eigenvalue weighted by molar-refractivity contribution is 6.05. The summed E-state index contributed by atoms with van der Waals surface area (Å²) in [6.07, 6.45) is 0. The molecule has 7 heteroatoms. The summed E-state index contributed by atoms with van der Waals surface area (Å²) >= 11 is 0. The van der Waals surface area contributed by atoms with E-state index in [2.05, 4.69) is 4.98 Å². The van der Waals surface area contributed by atoms with Crippen molar-refractivity contribution in [2.45, 2.75) is 0 Å². The van der Waals surface area contributed by atoms with Crippen molar-refractivity contribution in [3.63, 3.8) is 0 Å². The zero-order chi connectivity index (χ0) is 12.6. The van der Waals surface area contributed by atoms with Gasteiger partial charge >= 0.3 is 0 Å². The molecule has 0 unspecified atom stereocenters. The lowest BCUT2D eigenvalue weighted by molar-refractivity contribution is 0.0864. The number of aromatic amines is 1. The molecule has 0 saturated heterocycles. The largest absolute Gasteiger partial charge is 0.508 e. The van der Waals surface area contributed by atoms with Crippen molar-refractivity contribution in [2.24, 2.45) is 5.73 Å². The molecule has 6 nitrogen and oxygen atoms in total. The number of hydrogen-bond acceptors (Lipinski definition) is 3. The van der Waals surface area contributed by atoms with Crippen LogP contribution in [0.3, 0.4) is 0 Å². The van der Waals surface area contributed by atoms with Crippen LogP contribution < -0.4 is 5.73 Å². The van der Waals surface area contributed by atoms with Crippen molar-refractivity contribution in [3.05, 3.63) is 30.0 Å². The lowest BCUT2D eigenvalue weighted by Gasteiger charge is -2.12. The zero-order valence-corrected chi connectivity index (χ0v) is 10.4. The Bertz CT molecular complexity index is 608. The number of benzene rings is 1. The molecule has 1 heterocycles. The van der Waals surface area contributed by atoms with Crippen LogP contribution in [0.1, 0.15) is 10.5 Å². The number of nitrogens with one attached hydrogen (secondary N) is 2. The van der Waals surface area contributed by atoms with Crippen molar-refractivity contribution in [1.29, 1.82) is 5.41 Å². The van der Waals surface area contributed by atoms with Gasteiger partial charge in [0.2, 0.25) is 0 Å². The van der Waals surface area contributed by atoms with Gasteiger partial charge in [-0.1, -0.05) is 0 Å². The van der Waals surface area contributed by atoms with Crippen molar-refractivity contribution in [1.82, 2.24) is 9.88 Å². The summed E-state index contributed by atoms with van der Waals surface area (Å²) in [7, 11) is 1.42. The number of aromatic nitrogens is 1. The van der Waals surface area contributed by atoms with Crippen LogP contribution >= 0.6 is 12.4 Å². The van der Waals surface area contributed by atoms with Crippen molar-refractivity contribution in [3.8, 4) is 5.75 Å². The molecule has 0 aliphatic rings. The van der Waals surface area contributed by atoms with Crippen molar-refractivity contribution >= 4 is 35.2 Å². The number of nitrogens with zero attached hydrogens (tertiary/aromatic N) is 1. The summed E-state index contributed by atoms with van der Waals surface area (Å²) in [4.78, 5) is 15.8. The van der Waals surface area contributed by atoms with E-state index in [0.717, 1.165) is 15.8 Å². The number of nitrogens with two attached hydrogens (primary N) is 1. The Labute approximate surface area is 109 Å². The highest BCUT2D eigenvalue weighted by atomic mass is 35.5. The number of fused-ring (bicyclic) bond motifs is 1. The van der Waals surface area contributed by atoms with Crippen LogP contribution in [-0.4, -0.2) is 33.9 Å². The monoisotopic (exact) mass is 268 g/mol. The number of aromatic hydroxyl groups is 1. The number of guanidine groups is 1. The van der Waals surface area contributed by atoms with Gasteiger partial charge in [-0.15, -0.1) is 12.4 Å². The van der Waals surface area contributed by atoms with Gasteiger partial charge in [-0.25, -0.2) is 0 Å². The predicted molar refractivity (Wildman–Crippen MR) is 71.2 cm³/mol. The molecule has 96 valence electrons. The number of rotatable bonds is 1. The fourth-order valence-electron chi connectivity index (χ4n) is 1.53. The number of phenolic OH excluding ortho intramolecular Hbond substituents is 1. The molecule has 2 rings (SSSR count). The number of hydrogen-bond donors (Lipinski definition) is 4. The topological polar surface area (TPSA) is 106 Å². The first kappa shape index (κ1) is 13.9. The maximum atomic E-state index is 11.9. The Morgan fingerprint density at radius 2 is 2.11 bits per heavy atom. The minimum Gasteiger partial charge on any atom is -0.508 e. The van der Waals surface area contributed by atoms with Crippen LogP contribution in [0.2, 0.25) is 0 Å². The van der Waals surface area contributed by atoms with Crippen LogP contribution in [0.5, 0.6) is 5.75 Å². The van der Waals surface area contributed by atoms with Crippen LogP contribution in [0, 0.1) is 5.41 Å². The van der Waals surface area contributed by atoms with E-state index in [0.29, 0.717) is 5.69 Å². The molecule has 1 amide bonds. The normalized spacial score (nSPS) is 9.83. The summed E-state index contributed by atoms with van der Waals surface area (Å²) < 4.78 is 0. The maximum Gasteiger partial charge on any atom is 0.276 e. The van der Waals surface area contributed by atoms with Gasteiger partial charge in [0.15, 0.2) is 5.96 Å². The molecule has 5 N–H and O–H groups in total. The summed E-state index contributed by atoms with van der Waals surface area (Å²) in [5, 5.41) is 17.2. The quantitative estimate of drug-likeness (QED) is 0.462. The lowest BCUT2D eigenvalue weighted by atomic mass is 10.2. The smallest absolute Gasteiger partial charge is 0.276 e. The van der Waals surface area contributed by atoms with E-state index < -0.39 is 5.91 Å². The molecule has 0 aliphatic carbocycles. The van der Waals surface area contributed by atoms with Gasteiger partial charge in [-0.3, -0.25) is 15.1 Å². The molecule has 1 aromatic heterocycles. The summed E-state index contributed by atoms with van der Waals surface area (Å²) in [5.74, 6) is -0.583.